The second-order valence-electron chi connectivity index (χ2n) is 4.51. The van der Waals surface area contributed by atoms with Crippen LogP contribution >= 0.6 is 0 Å². The van der Waals surface area contributed by atoms with Gasteiger partial charge in [-0.25, -0.2) is 0 Å². The summed E-state index contributed by atoms with van der Waals surface area (Å²) in [5.74, 6) is 0. The van der Waals surface area contributed by atoms with Crippen molar-refractivity contribution in [3.05, 3.63) is 29.8 Å². The topological polar surface area (TPSA) is 38.5 Å². The molecule has 1 fully saturated rings. The molecule has 3 nitrogen and oxygen atoms in total. The highest BCUT2D eigenvalue weighted by atomic mass is 16.5. The van der Waals surface area contributed by atoms with Gasteiger partial charge in [0.1, 0.15) is 0 Å². The van der Waals surface area contributed by atoms with E-state index in [1.807, 2.05) is 12.1 Å². The summed E-state index contributed by atoms with van der Waals surface area (Å²) in [7, 11) is 0. The molecule has 2 rings (SSSR count). The first kappa shape index (κ1) is 11.4. The molecule has 0 aliphatic carbocycles. The van der Waals surface area contributed by atoms with E-state index >= 15 is 0 Å². The Morgan fingerprint density at radius 2 is 2.31 bits per heavy atom. The third kappa shape index (κ3) is 2.36. The van der Waals surface area contributed by atoms with E-state index < -0.39 is 0 Å². The summed E-state index contributed by atoms with van der Waals surface area (Å²) in [6, 6.07) is 9.04. The number of rotatable bonds is 2. The summed E-state index contributed by atoms with van der Waals surface area (Å²) in [4.78, 5) is 2.47. The van der Waals surface area contributed by atoms with Crippen LogP contribution in [-0.4, -0.2) is 30.7 Å². The minimum atomic E-state index is 0.405. The average molecular weight is 220 g/mol. The maximum absolute atomic E-state index is 5.82. The first-order valence-corrected chi connectivity index (χ1v) is 5.87. The van der Waals surface area contributed by atoms with Crippen molar-refractivity contribution in [1.29, 1.82) is 0 Å². The van der Waals surface area contributed by atoms with E-state index in [0.717, 1.165) is 25.4 Å². The minimum Gasteiger partial charge on any atom is -0.399 e. The van der Waals surface area contributed by atoms with Gasteiger partial charge in [-0.2, -0.15) is 0 Å². The van der Waals surface area contributed by atoms with E-state index in [1.54, 1.807) is 0 Å². The Morgan fingerprint density at radius 3 is 3.00 bits per heavy atom. The Kier molecular flexibility index (Phi) is 3.46. The second-order valence-corrected chi connectivity index (χ2v) is 4.51. The van der Waals surface area contributed by atoms with Crippen molar-refractivity contribution in [3.8, 4) is 0 Å². The van der Waals surface area contributed by atoms with Crippen LogP contribution in [0.25, 0.3) is 0 Å². The van der Waals surface area contributed by atoms with Crippen molar-refractivity contribution < 1.29 is 4.74 Å². The Balaban J connectivity index is 2.14. The third-order valence-corrected chi connectivity index (χ3v) is 3.31. The lowest BCUT2D eigenvalue weighted by molar-refractivity contribution is -0.0190. The fourth-order valence-corrected chi connectivity index (χ4v) is 2.33. The Bertz CT molecular complexity index is 354. The normalized spacial score (nSPS) is 24.2. The summed E-state index contributed by atoms with van der Waals surface area (Å²) < 4.78 is 5.46. The summed E-state index contributed by atoms with van der Waals surface area (Å²) >= 11 is 0. The van der Waals surface area contributed by atoms with Crippen LogP contribution in [0, 0.1) is 0 Å². The van der Waals surface area contributed by atoms with Crippen LogP contribution in [0.5, 0.6) is 0 Å². The van der Waals surface area contributed by atoms with Crippen LogP contribution in [0.15, 0.2) is 24.3 Å². The van der Waals surface area contributed by atoms with Crippen LogP contribution in [0.2, 0.25) is 0 Å². The van der Waals surface area contributed by atoms with Crippen molar-refractivity contribution in [3.63, 3.8) is 0 Å². The van der Waals surface area contributed by atoms with E-state index in [4.69, 9.17) is 10.5 Å². The highest BCUT2D eigenvalue weighted by molar-refractivity contribution is 5.41. The van der Waals surface area contributed by atoms with Gasteiger partial charge in [0.15, 0.2) is 0 Å². The maximum Gasteiger partial charge on any atom is 0.0620 e. The van der Waals surface area contributed by atoms with Crippen molar-refractivity contribution in [2.75, 3.05) is 25.5 Å². The van der Waals surface area contributed by atoms with Gasteiger partial charge in [-0.15, -0.1) is 0 Å². The van der Waals surface area contributed by atoms with Crippen LogP contribution in [0.4, 0.5) is 5.69 Å². The van der Waals surface area contributed by atoms with Gasteiger partial charge < -0.3 is 10.5 Å². The zero-order valence-corrected chi connectivity index (χ0v) is 10.0. The molecule has 2 atom stereocenters. The van der Waals surface area contributed by atoms with Crippen LogP contribution < -0.4 is 5.73 Å². The summed E-state index contributed by atoms with van der Waals surface area (Å²) in [5.41, 5.74) is 7.94. The molecule has 0 radical (unpaired) electrons. The molecule has 0 amide bonds. The molecule has 16 heavy (non-hydrogen) atoms. The lowest BCUT2D eigenvalue weighted by atomic mass is 10.0. The van der Waals surface area contributed by atoms with Gasteiger partial charge in [0, 0.05) is 24.3 Å². The molecular weight excluding hydrogens is 200 g/mol. The molecule has 0 spiro atoms. The van der Waals surface area contributed by atoms with E-state index in [1.165, 1.54) is 5.56 Å². The van der Waals surface area contributed by atoms with E-state index in [0.29, 0.717) is 12.1 Å². The van der Waals surface area contributed by atoms with Gasteiger partial charge in [-0.1, -0.05) is 12.1 Å². The number of nitrogens with two attached hydrogens (primary N) is 1. The standard InChI is InChI=1S/C13H20N2O/c1-10-9-16-7-6-15(10)11(2)12-4-3-5-13(14)8-12/h3-5,8,10-11H,6-7,9,14H2,1-2H3. The van der Waals surface area contributed by atoms with Crippen molar-refractivity contribution in [2.24, 2.45) is 0 Å². The predicted octanol–water partition coefficient (Wildman–Crippen LogP) is 2.05. The lowest BCUT2D eigenvalue weighted by Crippen LogP contribution is -2.44. The average Bonchev–Trinajstić information content (AvgIpc) is 2.29. The fourth-order valence-electron chi connectivity index (χ4n) is 2.33. The number of morpholine rings is 1. The minimum absolute atomic E-state index is 0.405. The zero-order chi connectivity index (χ0) is 11.5. The first-order valence-electron chi connectivity index (χ1n) is 5.87. The van der Waals surface area contributed by atoms with E-state index in [9.17, 15) is 0 Å². The Hall–Kier alpha value is -1.06. The number of hydrogen-bond donors (Lipinski definition) is 1. The molecule has 1 aliphatic heterocycles. The van der Waals surface area contributed by atoms with Gasteiger partial charge in [0.2, 0.25) is 0 Å². The SMILES string of the molecule is CC1COCCN1C(C)c1cccc(N)c1. The summed E-state index contributed by atoms with van der Waals surface area (Å²) in [6.45, 7) is 7.10. The molecule has 0 bridgehead atoms. The number of hydrogen-bond acceptors (Lipinski definition) is 3. The molecule has 1 heterocycles. The number of ether oxygens (including phenoxy) is 1. The van der Waals surface area contributed by atoms with E-state index in [-0.39, 0.29) is 0 Å². The molecule has 0 saturated carbocycles. The van der Waals surface area contributed by atoms with Crippen molar-refractivity contribution in [2.45, 2.75) is 25.9 Å². The smallest absolute Gasteiger partial charge is 0.0620 e. The fraction of sp³-hybridized carbons (Fsp3) is 0.538. The summed E-state index contributed by atoms with van der Waals surface area (Å²) in [5, 5.41) is 0. The zero-order valence-electron chi connectivity index (χ0n) is 10.0. The van der Waals surface area contributed by atoms with Gasteiger partial charge in [-0.05, 0) is 31.5 Å². The summed E-state index contributed by atoms with van der Waals surface area (Å²) in [6.07, 6.45) is 0. The van der Waals surface area contributed by atoms with Gasteiger partial charge in [-0.3, -0.25) is 4.90 Å². The predicted molar refractivity (Wildman–Crippen MR) is 66.3 cm³/mol. The number of benzene rings is 1. The maximum atomic E-state index is 5.82. The Morgan fingerprint density at radius 1 is 1.50 bits per heavy atom. The van der Waals surface area contributed by atoms with Gasteiger partial charge in [0.05, 0.1) is 13.2 Å². The van der Waals surface area contributed by atoms with Crippen molar-refractivity contribution in [1.82, 2.24) is 4.90 Å². The van der Waals surface area contributed by atoms with Crippen LogP contribution in [-0.2, 0) is 4.74 Å². The quantitative estimate of drug-likeness (QED) is 0.775. The highest BCUT2D eigenvalue weighted by Gasteiger charge is 2.24. The van der Waals surface area contributed by atoms with E-state index in [2.05, 4.69) is 30.9 Å². The number of nitrogen functional groups attached to an aromatic ring is 1. The number of nitrogens with zero attached hydrogens (tertiary/aromatic N) is 1. The van der Waals surface area contributed by atoms with Crippen molar-refractivity contribution >= 4 is 5.69 Å². The molecule has 1 aromatic carbocycles. The Labute approximate surface area is 97.2 Å². The molecule has 1 aliphatic rings. The molecule has 1 saturated heterocycles. The van der Waals surface area contributed by atoms with Crippen LogP contribution in [0.1, 0.15) is 25.5 Å². The molecule has 2 N–H and O–H groups in total. The monoisotopic (exact) mass is 220 g/mol. The molecule has 2 unspecified atom stereocenters. The lowest BCUT2D eigenvalue weighted by Gasteiger charge is -2.38. The largest absolute Gasteiger partial charge is 0.399 e. The third-order valence-electron chi connectivity index (χ3n) is 3.31. The molecule has 88 valence electrons. The molecule has 1 aromatic rings. The first-order chi connectivity index (χ1) is 7.68. The van der Waals surface area contributed by atoms with Gasteiger partial charge >= 0.3 is 0 Å². The highest BCUT2D eigenvalue weighted by Crippen LogP contribution is 2.25. The number of anilines is 1. The second kappa shape index (κ2) is 4.85. The van der Waals surface area contributed by atoms with Gasteiger partial charge in [0.25, 0.3) is 0 Å². The van der Waals surface area contributed by atoms with Crippen LogP contribution in [0.3, 0.4) is 0 Å². The molecular formula is C13H20N2O. The molecule has 3 heteroatoms. The molecule has 0 aromatic heterocycles.